The number of carbonyl (C=O) groups excluding carboxylic acids is 2. The first-order chi connectivity index (χ1) is 15.8. The molecular formula is C24H23FINO6. The van der Waals surface area contributed by atoms with E-state index in [1.54, 1.807) is 55.6 Å². The lowest BCUT2D eigenvalue weighted by molar-refractivity contribution is 0.0591. The minimum absolute atomic E-state index is 0.325. The molecule has 0 spiro atoms. The Bertz CT molecular complexity index is 1100. The Kier molecular flexibility index (Phi) is 9.92. The molecule has 0 fully saturated rings. The monoisotopic (exact) mass is 567 g/mol. The molecular weight excluding hydrogens is 544 g/mol. The molecule has 0 aliphatic rings. The van der Waals surface area contributed by atoms with Gasteiger partial charge in [0.2, 0.25) is 0 Å². The van der Waals surface area contributed by atoms with E-state index in [-0.39, 0.29) is 11.8 Å². The van der Waals surface area contributed by atoms with Gasteiger partial charge in [-0.2, -0.15) is 0 Å². The van der Waals surface area contributed by atoms with Gasteiger partial charge >= 0.3 is 11.9 Å². The van der Waals surface area contributed by atoms with E-state index in [9.17, 15) is 14.0 Å². The maximum absolute atomic E-state index is 12.9. The largest absolute Gasteiger partial charge is 0.497 e. The quantitative estimate of drug-likeness (QED) is 0.313. The summed E-state index contributed by atoms with van der Waals surface area (Å²) in [6.45, 7) is 0. The summed E-state index contributed by atoms with van der Waals surface area (Å²) < 4.78 is 33.2. The number of nitrogens with one attached hydrogen (secondary N) is 1. The summed E-state index contributed by atoms with van der Waals surface area (Å²) in [5, 5.41) is 3.04. The highest BCUT2D eigenvalue weighted by atomic mass is 127. The van der Waals surface area contributed by atoms with Gasteiger partial charge in [-0.15, -0.1) is 0 Å². The fourth-order valence-electron chi connectivity index (χ4n) is 2.63. The van der Waals surface area contributed by atoms with Gasteiger partial charge in [0.1, 0.15) is 17.3 Å². The maximum Gasteiger partial charge on any atom is 0.339 e. The molecule has 9 heteroatoms. The molecule has 3 rings (SSSR count). The molecule has 0 saturated heterocycles. The molecule has 0 atom stereocenters. The fourth-order valence-corrected chi connectivity index (χ4v) is 3.34. The Balaban J connectivity index is 0.000000257. The third kappa shape index (κ3) is 7.35. The predicted octanol–water partition coefficient (Wildman–Crippen LogP) is 5.45. The van der Waals surface area contributed by atoms with E-state index >= 15 is 0 Å². The van der Waals surface area contributed by atoms with E-state index in [1.165, 1.54) is 33.5 Å². The lowest BCUT2D eigenvalue weighted by atomic mass is 10.1. The van der Waals surface area contributed by atoms with Crippen molar-refractivity contribution >= 4 is 45.9 Å². The van der Waals surface area contributed by atoms with Crippen LogP contribution in [0.3, 0.4) is 0 Å². The van der Waals surface area contributed by atoms with Crippen molar-refractivity contribution in [3.8, 4) is 11.5 Å². The van der Waals surface area contributed by atoms with Crippen molar-refractivity contribution in [2.45, 2.75) is 0 Å². The first-order valence-corrected chi connectivity index (χ1v) is 10.6. The lowest BCUT2D eigenvalue weighted by Gasteiger charge is -2.12. The Labute approximate surface area is 204 Å². The summed E-state index contributed by atoms with van der Waals surface area (Å²) >= 11 is 2.07. The number of carbonyl (C=O) groups is 2. The number of rotatable bonds is 6. The van der Waals surface area contributed by atoms with Crippen LogP contribution in [0.4, 0.5) is 15.8 Å². The molecule has 0 unspecified atom stereocenters. The van der Waals surface area contributed by atoms with Gasteiger partial charge in [-0.05, 0) is 77.2 Å². The zero-order valence-corrected chi connectivity index (χ0v) is 20.6. The molecule has 7 nitrogen and oxygen atoms in total. The number of hydrogen-bond donors (Lipinski definition) is 1. The Hall–Kier alpha value is -3.34. The highest BCUT2D eigenvalue weighted by Crippen LogP contribution is 2.26. The normalized spacial score (nSPS) is 9.76. The van der Waals surface area contributed by atoms with Crippen molar-refractivity contribution in [2.24, 2.45) is 0 Å². The summed E-state index contributed by atoms with van der Waals surface area (Å²) in [6.07, 6.45) is 0. The average Bonchev–Trinajstić information content (AvgIpc) is 2.84. The van der Waals surface area contributed by atoms with Crippen LogP contribution in [-0.4, -0.2) is 40.4 Å². The second-order valence-corrected chi connectivity index (χ2v) is 7.53. The van der Waals surface area contributed by atoms with Crippen molar-refractivity contribution < 1.29 is 32.9 Å². The first kappa shape index (κ1) is 25.9. The van der Waals surface area contributed by atoms with Crippen LogP contribution in [-0.2, 0) is 9.47 Å². The number of anilines is 2. The van der Waals surface area contributed by atoms with E-state index in [2.05, 4.69) is 32.6 Å². The highest BCUT2D eigenvalue weighted by molar-refractivity contribution is 14.1. The summed E-state index contributed by atoms with van der Waals surface area (Å²) in [7, 11) is 5.80. The Morgan fingerprint density at radius 3 is 1.79 bits per heavy atom. The molecule has 0 radical (unpaired) electrons. The predicted molar refractivity (Wildman–Crippen MR) is 131 cm³/mol. The Morgan fingerprint density at radius 1 is 0.758 bits per heavy atom. The number of benzene rings is 3. The van der Waals surface area contributed by atoms with Crippen LogP contribution >= 0.6 is 22.6 Å². The van der Waals surface area contributed by atoms with Crippen LogP contribution in [0.1, 0.15) is 20.7 Å². The van der Waals surface area contributed by atoms with Crippen LogP contribution in [0.2, 0.25) is 0 Å². The molecule has 0 amide bonds. The van der Waals surface area contributed by atoms with Crippen molar-refractivity contribution in [3.05, 3.63) is 81.2 Å². The van der Waals surface area contributed by atoms with Gasteiger partial charge in [0.05, 0.1) is 45.3 Å². The third-order valence-corrected chi connectivity index (χ3v) is 5.23. The Morgan fingerprint density at radius 2 is 1.27 bits per heavy atom. The molecule has 0 saturated carbocycles. The summed E-state index contributed by atoms with van der Waals surface area (Å²) in [5.41, 5.74) is 2.12. The van der Waals surface area contributed by atoms with Gasteiger partial charge in [0.25, 0.3) is 0 Å². The van der Waals surface area contributed by atoms with Crippen LogP contribution in [0.15, 0.2) is 60.7 Å². The minimum atomic E-state index is -0.461. The van der Waals surface area contributed by atoms with Gasteiger partial charge in [0, 0.05) is 15.3 Å². The molecule has 0 bridgehead atoms. The molecule has 0 aliphatic carbocycles. The van der Waals surface area contributed by atoms with E-state index in [0.717, 1.165) is 9.32 Å². The summed E-state index contributed by atoms with van der Waals surface area (Å²) in [5.74, 6) is 0.220. The number of halogens is 2. The average molecular weight is 567 g/mol. The minimum Gasteiger partial charge on any atom is -0.497 e. The molecule has 0 aromatic heterocycles. The van der Waals surface area contributed by atoms with Gasteiger partial charge in [-0.1, -0.05) is 0 Å². The third-order valence-electron chi connectivity index (χ3n) is 4.34. The fraction of sp³-hybridized carbons (Fsp3) is 0.167. The molecule has 174 valence electrons. The van der Waals surface area contributed by atoms with E-state index in [1.807, 2.05) is 0 Å². The number of methoxy groups -OCH3 is 4. The molecule has 0 heterocycles. The first-order valence-electron chi connectivity index (χ1n) is 9.53. The van der Waals surface area contributed by atoms with Crippen molar-refractivity contribution in [1.82, 2.24) is 0 Å². The van der Waals surface area contributed by atoms with E-state index in [4.69, 9.17) is 14.2 Å². The molecule has 0 aliphatic heterocycles. The van der Waals surface area contributed by atoms with Crippen molar-refractivity contribution in [2.75, 3.05) is 33.8 Å². The SMILES string of the molecule is COC(=O)c1ccc(OC)cc1I.COC(=O)c1ccc(OC)cc1Nc1ccc(F)cc1. The van der Waals surface area contributed by atoms with E-state index < -0.39 is 5.97 Å². The summed E-state index contributed by atoms with van der Waals surface area (Å²) in [4.78, 5) is 22.9. The van der Waals surface area contributed by atoms with E-state index in [0.29, 0.717) is 28.3 Å². The molecule has 1 N–H and O–H groups in total. The van der Waals surface area contributed by atoms with Crippen molar-refractivity contribution in [1.29, 1.82) is 0 Å². The number of hydrogen-bond acceptors (Lipinski definition) is 7. The van der Waals surface area contributed by atoms with Crippen molar-refractivity contribution in [3.63, 3.8) is 0 Å². The maximum atomic E-state index is 12.9. The van der Waals surface area contributed by atoms with Crippen LogP contribution < -0.4 is 14.8 Å². The second-order valence-electron chi connectivity index (χ2n) is 6.37. The van der Waals surface area contributed by atoms with Crippen LogP contribution in [0.5, 0.6) is 11.5 Å². The molecule has 33 heavy (non-hydrogen) atoms. The highest BCUT2D eigenvalue weighted by Gasteiger charge is 2.13. The lowest BCUT2D eigenvalue weighted by Crippen LogP contribution is -2.06. The van der Waals surface area contributed by atoms with Crippen LogP contribution in [0.25, 0.3) is 0 Å². The number of esters is 2. The molecule has 3 aromatic carbocycles. The standard InChI is InChI=1S/C15H14FNO3.C9H9IO3/c1-19-12-7-8-13(15(18)20-2)14(9-12)17-11-5-3-10(16)4-6-11;1-12-6-3-4-7(8(10)5-6)9(11)13-2/h3-9,17H,1-2H3;3-5H,1-2H3. The van der Waals surface area contributed by atoms with Gasteiger partial charge in [0.15, 0.2) is 0 Å². The topological polar surface area (TPSA) is 83.1 Å². The van der Waals surface area contributed by atoms with Crippen LogP contribution in [0, 0.1) is 9.39 Å². The second kappa shape index (κ2) is 12.6. The van der Waals surface area contributed by atoms with Gasteiger partial charge < -0.3 is 24.3 Å². The number of ether oxygens (including phenoxy) is 4. The smallest absolute Gasteiger partial charge is 0.339 e. The van der Waals surface area contributed by atoms with Gasteiger partial charge in [-0.25, -0.2) is 14.0 Å². The summed E-state index contributed by atoms with van der Waals surface area (Å²) in [6, 6.07) is 16.0. The zero-order valence-electron chi connectivity index (χ0n) is 18.5. The zero-order chi connectivity index (χ0) is 24.4. The van der Waals surface area contributed by atoms with Gasteiger partial charge in [-0.3, -0.25) is 0 Å². The molecule has 3 aromatic rings.